The fraction of sp³-hybridized carbons (Fsp3) is 0.435. The van der Waals surface area contributed by atoms with Crippen LogP contribution in [0.5, 0.6) is 0 Å². The van der Waals surface area contributed by atoms with Gasteiger partial charge in [0.05, 0.1) is 18.2 Å². The van der Waals surface area contributed by atoms with Crippen LogP contribution in [0.3, 0.4) is 0 Å². The molecule has 0 aliphatic carbocycles. The number of fused-ring (bicyclic) bond motifs is 1. The highest BCUT2D eigenvalue weighted by Crippen LogP contribution is 2.33. The van der Waals surface area contributed by atoms with E-state index >= 15 is 0 Å². The van der Waals surface area contributed by atoms with Gasteiger partial charge in [-0.3, -0.25) is 24.2 Å². The van der Waals surface area contributed by atoms with Gasteiger partial charge in [0.25, 0.3) is 15.9 Å². The summed E-state index contributed by atoms with van der Waals surface area (Å²) in [4.78, 5) is 56.9. The second-order valence-electron chi connectivity index (χ2n) is 9.02. The summed E-state index contributed by atoms with van der Waals surface area (Å²) >= 11 is 1.36. The summed E-state index contributed by atoms with van der Waals surface area (Å²) in [7, 11) is -4.51. The molecule has 2 fully saturated rings. The quantitative estimate of drug-likeness (QED) is 0.584. The van der Waals surface area contributed by atoms with Crippen LogP contribution < -0.4 is 5.32 Å². The number of thiophene rings is 1. The Morgan fingerprint density at radius 2 is 2.00 bits per heavy atom. The number of carbonyl (C=O) groups excluding carboxylic acids is 4. The standard InChI is InChI=1S/C23H26N4O6S2/c1-14(2)11-17(25-21(29)15-7-10-34-13-15)22(30)26-9-6-18-20(26)19(28)12-27(18)35(32,33)23(31)16-5-3-4-8-24-16/h3-5,7-8,10,13-14,17-18,20H,6,9,11-12H2,1-2H3,(H,25,29). The molecule has 3 unspecified atom stereocenters. The van der Waals surface area contributed by atoms with Crippen molar-refractivity contribution in [1.29, 1.82) is 0 Å². The molecule has 2 amide bonds. The van der Waals surface area contributed by atoms with Crippen molar-refractivity contribution < 1.29 is 27.6 Å². The lowest BCUT2D eigenvalue weighted by Crippen LogP contribution is -2.53. The van der Waals surface area contributed by atoms with Crippen molar-refractivity contribution in [3.8, 4) is 0 Å². The van der Waals surface area contributed by atoms with Crippen molar-refractivity contribution in [1.82, 2.24) is 19.5 Å². The minimum atomic E-state index is -4.51. The van der Waals surface area contributed by atoms with E-state index in [1.165, 1.54) is 34.6 Å². The number of Topliss-reactive ketones (excluding diaryl/α,β-unsaturated/α-hetero) is 1. The van der Waals surface area contributed by atoms with Crippen molar-refractivity contribution >= 4 is 44.1 Å². The highest BCUT2D eigenvalue weighted by atomic mass is 32.2. The van der Waals surface area contributed by atoms with Crippen LogP contribution in [0.1, 0.15) is 47.5 Å². The van der Waals surface area contributed by atoms with E-state index in [9.17, 15) is 27.6 Å². The van der Waals surface area contributed by atoms with Gasteiger partial charge in [-0.25, -0.2) is 8.42 Å². The number of hydrogen-bond acceptors (Lipinski definition) is 8. The van der Waals surface area contributed by atoms with E-state index in [-0.39, 0.29) is 30.5 Å². The Hall–Kier alpha value is -2.96. The van der Waals surface area contributed by atoms with Crippen molar-refractivity contribution in [2.45, 2.75) is 44.8 Å². The first-order valence-electron chi connectivity index (χ1n) is 11.2. The van der Waals surface area contributed by atoms with Crippen LogP contribution in [0.2, 0.25) is 0 Å². The second kappa shape index (κ2) is 9.96. The van der Waals surface area contributed by atoms with Gasteiger partial charge in [0, 0.05) is 18.1 Å². The van der Waals surface area contributed by atoms with Gasteiger partial charge in [-0.2, -0.15) is 15.6 Å². The van der Waals surface area contributed by atoms with Gasteiger partial charge in [-0.15, -0.1) is 0 Å². The van der Waals surface area contributed by atoms with Gasteiger partial charge < -0.3 is 10.2 Å². The Bertz CT molecular complexity index is 1230. The van der Waals surface area contributed by atoms with E-state index in [0.29, 0.717) is 12.0 Å². The van der Waals surface area contributed by atoms with Crippen LogP contribution in [0.25, 0.3) is 0 Å². The Labute approximate surface area is 207 Å². The SMILES string of the molecule is CC(C)CC(NC(=O)c1ccsc1)C(=O)N1CCC2C1C(=O)CN2S(=O)(=O)C(=O)c1ccccn1. The molecular weight excluding hydrogens is 492 g/mol. The highest BCUT2D eigenvalue weighted by molar-refractivity contribution is 8.04. The molecule has 35 heavy (non-hydrogen) atoms. The number of aromatic nitrogens is 1. The van der Waals surface area contributed by atoms with E-state index < -0.39 is 51.5 Å². The fourth-order valence-corrected chi connectivity index (χ4v) is 6.70. The molecular formula is C23H26N4O6S2. The molecule has 0 radical (unpaired) electrons. The molecule has 2 aromatic rings. The first kappa shape index (κ1) is 25.1. The molecule has 4 heterocycles. The Morgan fingerprint density at radius 3 is 2.63 bits per heavy atom. The number of carbonyl (C=O) groups is 4. The topological polar surface area (TPSA) is 134 Å². The number of nitrogens with one attached hydrogen (secondary N) is 1. The lowest BCUT2D eigenvalue weighted by Gasteiger charge is -2.29. The lowest BCUT2D eigenvalue weighted by molar-refractivity contribution is -0.138. The third-order valence-corrected chi connectivity index (χ3v) is 8.55. The molecule has 10 nitrogen and oxygen atoms in total. The summed E-state index contributed by atoms with van der Waals surface area (Å²) in [5, 5.41) is 5.03. The summed E-state index contributed by atoms with van der Waals surface area (Å²) in [6, 6.07) is 3.32. The largest absolute Gasteiger partial charge is 0.340 e. The Kier molecular flexibility index (Phi) is 7.15. The van der Waals surface area contributed by atoms with Crippen LogP contribution in [-0.4, -0.2) is 76.5 Å². The van der Waals surface area contributed by atoms with Crippen molar-refractivity contribution in [2.75, 3.05) is 13.1 Å². The maximum absolute atomic E-state index is 13.5. The molecule has 0 aromatic carbocycles. The summed E-state index contributed by atoms with van der Waals surface area (Å²) in [6.45, 7) is 3.49. The number of likely N-dealkylation sites (tertiary alicyclic amines) is 1. The zero-order valence-electron chi connectivity index (χ0n) is 19.3. The second-order valence-corrected chi connectivity index (χ2v) is 11.6. The molecule has 1 N–H and O–H groups in total. The van der Waals surface area contributed by atoms with Crippen LogP contribution in [0, 0.1) is 5.92 Å². The number of amides is 2. The van der Waals surface area contributed by atoms with Crippen LogP contribution in [0.15, 0.2) is 41.2 Å². The minimum Gasteiger partial charge on any atom is -0.340 e. The van der Waals surface area contributed by atoms with E-state index in [1.54, 1.807) is 22.9 Å². The van der Waals surface area contributed by atoms with Crippen molar-refractivity contribution in [3.63, 3.8) is 0 Å². The van der Waals surface area contributed by atoms with Gasteiger partial charge in [-0.05, 0) is 42.3 Å². The smallest absolute Gasteiger partial charge is 0.310 e. The molecule has 0 saturated carbocycles. The maximum atomic E-state index is 13.5. The zero-order chi connectivity index (χ0) is 25.3. The summed E-state index contributed by atoms with van der Waals surface area (Å²) in [5.41, 5.74) is 0.209. The van der Waals surface area contributed by atoms with E-state index in [4.69, 9.17) is 0 Å². The summed E-state index contributed by atoms with van der Waals surface area (Å²) in [6.07, 6.45) is 1.89. The zero-order valence-corrected chi connectivity index (χ0v) is 20.9. The number of pyridine rings is 1. The van der Waals surface area contributed by atoms with E-state index in [1.807, 2.05) is 13.8 Å². The minimum absolute atomic E-state index is 0.0808. The van der Waals surface area contributed by atoms with E-state index in [0.717, 1.165) is 4.31 Å². The summed E-state index contributed by atoms with van der Waals surface area (Å²) < 4.78 is 27.1. The monoisotopic (exact) mass is 518 g/mol. The number of rotatable bonds is 7. The van der Waals surface area contributed by atoms with Gasteiger partial charge in [0.2, 0.25) is 5.91 Å². The molecule has 0 spiro atoms. The number of sulfonamides is 1. The van der Waals surface area contributed by atoms with Crippen molar-refractivity contribution in [2.24, 2.45) is 5.92 Å². The Morgan fingerprint density at radius 1 is 1.23 bits per heavy atom. The highest BCUT2D eigenvalue weighted by Gasteiger charge is 2.55. The third kappa shape index (κ3) is 4.91. The normalized spacial score (nSPS) is 21.2. The molecule has 4 rings (SSSR count). The van der Waals surface area contributed by atoms with Gasteiger partial charge >= 0.3 is 5.12 Å². The van der Waals surface area contributed by atoms with Crippen LogP contribution >= 0.6 is 11.3 Å². The molecule has 12 heteroatoms. The first-order valence-corrected chi connectivity index (χ1v) is 13.6. The predicted octanol–water partition coefficient (Wildman–Crippen LogP) is 1.31. The van der Waals surface area contributed by atoms with Gasteiger partial charge in [-0.1, -0.05) is 19.9 Å². The predicted molar refractivity (Wildman–Crippen MR) is 128 cm³/mol. The van der Waals surface area contributed by atoms with E-state index in [2.05, 4.69) is 10.3 Å². The third-order valence-electron chi connectivity index (χ3n) is 6.17. The van der Waals surface area contributed by atoms with Crippen molar-refractivity contribution in [3.05, 3.63) is 52.5 Å². The number of nitrogens with zero attached hydrogens (tertiary/aromatic N) is 3. The molecule has 2 saturated heterocycles. The van der Waals surface area contributed by atoms with Gasteiger partial charge in [0.15, 0.2) is 5.78 Å². The number of hydrogen-bond donors (Lipinski definition) is 1. The summed E-state index contributed by atoms with van der Waals surface area (Å²) in [5.74, 6) is -1.19. The number of ketones is 1. The first-order chi connectivity index (χ1) is 16.6. The molecule has 3 atom stereocenters. The average Bonchev–Trinajstić information content (AvgIpc) is 3.57. The molecule has 2 aliphatic heterocycles. The fourth-order valence-electron chi connectivity index (χ4n) is 4.59. The van der Waals surface area contributed by atoms with Crippen LogP contribution in [0.4, 0.5) is 0 Å². The van der Waals surface area contributed by atoms with Crippen LogP contribution in [-0.2, 0) is 19.6 Å². The molecule has 186 valence electrons. The maximum Gasteiger partial charge on any atom is 0.310 e. The molecule has 2 aliphatic rings. The molecule has 2 aromatic heterocycles. The Balaban J connectivity index is 1.54. The molecule has 0 bridgehead atoms. The van der Waals surface area contributed by atoms with Gasteiger partial charge in [0.1, 0.15) is 17.8 Å². The lowest BCUT2D eigenvalue weighted by atomic mass is 10.0. The average molecular weight is 519 g/mol.